The quantitative estimate of drug-likeness (QED) is 0.482. The largest absolute Gasteiger partial charge is 0.457 e. The molecule has 1 unspecified atom stereocenters. The molecule has 2 aliphatic carbocycles. The number of anilines is 1. The molecule has 192 valence electrons. The van der Waals surface area contributed by atoms with Crippen molar-refractivity contribution in [3.63, 3.8) is 0 Å². The first-order valence-corrected chi connectivity index (χ1v) is 14.4. The Morgan fingerprint density at radius 1 is 0.972 bits per heavy atom. The molecule has 5 rings (SSSR count). The number of amides is 2. The van der Waals surface area contributed by atoms with Crippen molar-refractivity contribution in [1.82, 2.24) is 4.72 Å². The maximum Gasteiger partial charge on any atom is 0.457 e. The second-order valence-corrected chi connectivity index (χ2v) is 12.5. The molecule has 0 radical (unpaired) electrons. The van der Waals surface area contributed by atoms with Crippen LogP contribution in [-0.2, 0) is 52.4 Å². The molecule has 36 heavy (non-hydrogen) atoms. The molecule has 1 heterocycles. The fraction of sp³-hybridized carbons (Fsp3) is 0.536. The van der Waals surface area contributed by atoms with E-state index >= 15 is 0 Å². The molecule has 0 saturated carbocycles. The Labute approximate surface area is 217 Å². The van der Waals surface area contributed by atoms with E-state index in [0.29, 0.717) is 4.90 Å². The van der Waals surface area contributed by atoms with Crippen molar-refractivity contribution in [1.29, 1.82) is 0 Å². The van der Waals surface area contributed by atoms with E-state index in [9.17, 15) is 9.00 Å². The van der Waals surface area contributed by atoms with E-state index in [1.54, 1.807) is 6.07 Å². The Balaban J connectivity index is 1.17. The lowest BCUT2D eigenvalue weighted by Crippen LogP contribution is -2.41. The highest BCUT2D eigenvalue weighted by molar-refractivity contribution is 7.83. The number of fused-ring (bicyclic) bond motifs is 2. The molecule has 0 spiro atoms. The molecular formula is C28H37BN2O4S. The number of urea groups is 1. The lowest BCUT2D eigenvalue weighted by molar-refractivity contribution is 0.00578. The van der Waals surface area contributed by atoms with Gasteiger partial charge >= 0.3 is 13.1 Å². The molecule has 0 aromatic heterocycles. The number of carbonyl (C=O) groups is 1. The topological polar surface area (TPSA) is 76.7 Å². The lowest BCUT2D eigenvalue weighted by Gasteiger charge is -2.32. The highest BCUT2D eigenvalue weighted by Crippen LogP contribution is 2.39. The summed E-state index contributed by atoms with van der Waals surface area (Å²) in [6.45, 7) is 8.25. The molecule has 0 bridgehead atoms. The molecule has 1 saturated heterocycles. The van der Waals surface area contributed by atoms with E-state index in [4.69, 9.17) is 9.31 Å². The number of carbonyl (C=O) groups excluding carboxylic acids is 1. The van der Waals surface area contributed by atoms with Crippen LogP contribution in [0.1, 0.15) is 74.8 Å². The fourth-order valence-corrected chi connectivity index (χ4v) is 6.42. The summed E-state index contributed by atoms with van der Waals surface area (Å²) >= 11 is 0. The SMILES string of the molecule is CC1(C)OB(CCCc2cccc(S(=O)NC(=O)Nc3c4c(cc5c3CCC5)CCC4)c2)OC1(C)C. The highest BCUT2D eigenvalue weighted by atomic mass is 32.2. The summed E-state index contributed by atoms with van der Waals surface area (Å²) in [6, 6.07) is 9.57. The summed E-state index contributed by atoms with van der Waals surface area (Å²) < 4.78 is 27.8. The van der Waals surface area contributed by atoms with Crippen LogP contribution < -0.4 is 10.0 Å². The highest BCUT2D eigenvalue weighted by Gasteiger charge is 2.50. The summed E-state index contributed by atoms with van der Waals surface area (Å²) in [4.78, 5) is 13.5. The smallest absolute Gasteiger partial charge is 0.403 e. The molecule has 2 aromatic rings. The van der Waals surface area contributed by atoms with Gasteiger partial charge in [0.2, 0.25) is 0 Å². The summed E-state index contributed by atoms with van der Waals surface area (Å²) in [6.07, 6.45) is 8.91. The normalized spacial score (nSPS) is 20.2. The van der Waals surface area contributed by atoms with Crippen molar-refractivity contribution in [2.75, 3.05) is 5.32 Å². The van der Waals surface area contributed by atoms with Crippen molar-refractivity contribution in [3.05, 3.63) is 58.1 Å². The molecule has 8 heteroatoms. The van der Waals surface area contributed by atoms with Gasteiger partial charge in [0.25, 0.3) is 0 Å². The van der Waals surface area contributed by atoms with Gasteiger partial charge in [0, 0.05) is 5.69 Å². The van der Waals surface area contributed by atoms with E-state index in [1.807, 2.05) is 18.2 Å². The first-order valence-electron chi connectivity index (χ1n) is 13.2. The molecular weight excluding hydrogens is 471 g/mol. The van der Waals surface area contributed by atoms with Gasteiger partial charge in [0.1, 0.15) is 0 Å². The first-order chi connectivity index (χ1) is 17.1. The minimum atomic E-state index is -1.63. The predicted octanol–water partition coefficient (Wildman–Crippen LogP) is 5.53. The standard InChI is InChI=1S/C28H37BN2O4S/c1-27(2)28(3,4)35-29(34-27)16-8-10-19-9-5-13-22(17-19)36(33)31-26(32)30-25-23-14-6-11-20(23)18-21-12-7-15-24(21)25/h5,9,13,17-18H,6-8,10-12,14-16H2,1-4H3,(H2,30,31,32). The van der Waals surface area contributed by atoms with Crippen molar-refractivity contribution in [2.45, 2.75) is 101 Å². The van der Waals surface area contributed by atoms with Gasteiger partial charge in [-0.1, -0.05) is 24.6 Å². The number of hydrogen-bond donors (Lipinski definition) is 2. The summed E-state index contributed by atoms with van der Waals surface area (Å²) in [5, 5.41) is 3.07. The third-order valence-corrected chi connectivity index (χ3v) is 9.27. The maximum atomic E-state index is 13.0. The molecule has 1 atom stereocenters. The zero-order valence-electron chi connectivity index (χ0n) is 21.9. The minimum absolute atomic E-state index is 0.210. The predicted molar refractivity (Wildman–Crippen MR) is 145 cm³/mol. The van der Waals surface area contributed by atoms with Crippen LogP contribution in [0.3, 0.4) is 0 Å². The van der Waals surface area contributed by atoms with Gasteiger partial charge in [-0.25, -0.2) is 9.00 Å². The van der Waals surface area contributed by atoms with Crippen LogP contribution in [0, 0.1) is 0 Å². The van der Waals surface area contributed by atoms with Crippen LogP contribution >= 0.6 is 0 Å². The summed E-state index contributed by atoms with van der Waals surface area (Å²) in [7, 11) is -1.84. The number of hydrogen-bond acceptors (Lipinski definition) is 4. The number of nitrogens with one attached hydrogen (secondary N) is 2. The number of benzene rings is 2. The average molecular weight is 508 g/mol. The van der Waals surface area contributed by atoms with Gasteiger partial charge in [-0.15, -0.1) is 0 Å². The number of rotatable bonds is 7. The third-order valence-electron chi connectivity index (χ3n) is 8.22. The Kier molecular flexibility index (Phi) is 7.05. The van der Waals surface area contributed by atoms with Crippen molar-refractivity contribution < 1.29 is 18.3 Å². The zero-order valence-corrected chi connectivity index (χ0v) is 22.7. The molecule has 2 aromatic carbocycles. The van der Waals surface area contributed by atoms with Crippen LogP contribution in [0.2, 0.25) is 6.32 Å². The Morgan fingerprint density at radius 2 is 1.61 bits per heavy atom. The fourth-order valence-electron chi connectivity index (χ4n) is 5.62. The second-order valence-electron chi connectivity index (χ2n) is 11.3. The molecule has 6 nitrogen and oxygen atoms in total. The second kappa shape index (κ2) is 9.95. The van der Waals surface area contributed by atoms with Crippen LogP contribution in [0.25, 0.3) is 0 Å². The van der Waals surface area contributed by atoms with Gasteiger partial charge in [-0.05, 0) is 119 Å². The van der Waals surface area contributed by atoms with Gasteiger partial charge in [0.15, 0.2) is 11.0 Å². The number of aryl methyl sites for hydroxylation is 3. The van der Waals surface area contributed by atoms with Crippen molar-refractivity contribution in [3.8, 4) is 0 Å². The van der Waals surface area contributed by atoms with Crippen LogP contribution in [0.15, 0.2) is 35.2 Å². The van der Waals surface area contributed by atoms with E-state index in [2.05, 4.69) is 43.8 Å². The van der Waals surface area contributed by atoms with Gasteiger partial charge in [-0.3, -0.25) is 4.72 Å². The average Bonchev–Trinajstić information content (AvgIpc) is 3.52. The van der Waals surface area contributed by atoms with E-state index in [0.717, 1.165) is 68.9 Å². The lowest BCUT2D eigenvalue weighted by atomic mass is 9.82. The van der Waals surface area contributed by atoms with Crippen LogP contribution in [-0.4, -0.2) is 28.6 Å². The third kappa shape index (κ3) is 5.13. The first kappa shape index (κ1) is 25.5. The van der Waals surface area contributed by atoms with E-state index < -0.39 is 17.0 Å². The minimum Gasteiger partial charge on any atom is -0.403 e. The molecule has 1 fully saturated rings. The monoisotopic (exact) mass is 508 g/mol. The molecule has 2 N–H and O–H groups in total. The Morgan fingerprint density at radius 3 is 2.25 bits per heavy atom. The summed E-state index contributed by atoms with van der Waals surface area (Å²) in [5.74, 6) is 0. The Bertz CT molecular complexity index is 1150. The summed E-state index contributed by atoms with van der Waals surface area (Å²) in [5.41, 5.74) is 6.66. The van der Waals surface area contributed by atoms with Gasteiger partial charge < -0.3 is 14.6 Å². The van der Waals surface area contributed by atoms with E-state index in [-0.39, 0.29) is 18.3 Å². The van der Waals surface area contributed by atoms with Gasteiger partial charge in [-0.2, -0.15) is 0 Å². The van der Waals surface area contributed by atoms with Crippen molar-refractivity contribution >= 4 is 29.8 Å². The zero-order chi connectivity index (χ0) is 25.5. The van der Waals surface area contributed by atoms with Crippen LogP contribution in [0.5, 0.6) is 0 Å². The van der Waals surface area contributed by atoms with E-state index in [1.165, 1.54) is 22.3 Å². The Hall–Kier alpha value is -2.16. The molecule has 2 amide bonds. The van der Waals surface area contributed by atoms with Crippen LogP contribution in [0.4, 0.5) is 10.5 Å². The maximum absolute atomic E-state index is 13.0. The van der Waals surface area contributed by atoms with Crippen molar-refractivity contribution in [2.24, 2.45) is 0 Å². The molecule has 3 aliphatic rings. The van der Waals surface area contributed by atoms with Gasteiger partial charge in [0.05, 0.1) is 16.1 Å². The molecule has 1 aliphatic heterocycles.